The molecule has 1 saturated carbocycles. The van der Waals surface area contributed by atoms with Gasteiger partial charge in [0.15, 0.2) is 0 Å². The Labute approximate surface area is 79.6 Å². The lowest BCUT2D eigenvalue weighted by atomic mass is 9.62. The Morgan fingerprint density at radius 1 is 1.62 bits per heavy atom. The van der Waals surface area contributed by atoms with Crippen LogP contribution in [0.1, 0.15) is 33.6 Å². The second-order valence-electron chi connectivity index (χ2n) is 4.61. The Kier molecular flexibility index (Phi) is 2.96. The van der Waals surface area contributed by atoms with Crippen LogP contribution in [0.3, 0.4) is 0 Å². The topological polar surface area (TPSA) is 52.3 Å². The van der Waals surface area contributed by atoms with E-state index in [0.717, 1.165) is 12.8 Å². The smallest absolute Gasteiger partial charge is 0.323 e. The third-order valence-electron chi connectivity index (χ3n) is 2.70. The molecule has 0 amide bonds. The van der Waals surface area contributed by atoms with E-state index in [1.54, 1.807) is 6.92 Å². The highest BCUT2D eigenvalue weighted by molar-refractivity contribution is 5.76. The number of carbonyl (C=O) groups is 1. The lowest BCUT2D eigenvalue weighted by molar-refractivity contribution is -0.148. The molecule has 0 radical (unpaired) electrons. The minimum atomic E-state index is -0.409. The van der Waals surface area contributed by atoms with Crippen LogP contribution in [-0.4, -0.2) is 18.6 Å². The lowest BCUT2D eigenvalue weighted by Gasteiger charge is -2.44. The molecular formula is C10H19NO2. The second kappa shape index (κ2) is 3.66. The van der Waals surface area contributed by atoms with Gasteiger partial charge in [0, 0.05) is 0 Å². The summed E-state index contributed by atoms with van der Waals surface area (Å²) in [6.07, 6.45) is 2.07. The Hall–Kier alpha value is -0.570. The average Bonchev–Trinajstić information content (AvgIpc) is 1.99. The molecule has 1 unspecified atom stereocenters. The first-order valence-electron chi connectivity index (χ1n) is 4.88. The van der Waals surface area contributed by atoms with Gasteiger partial charge in [0.2, 0.25) is 0 Å². The molecule has 0 heterocycles. The van der Waals surface area contributed by atoms with E-state index in [9.17, 15) is 4.79 Å². The van der Waals surface area contributed by atoms with Crippen molar-refractivity contribution in [3.05, 3.63) is 0 Å². The number of esters is 1. The molecule has 1 atom stereocenters. The SMILES string of the molecule is CCOC(=O)C(N)C1CC(C)(C)C1. The van der Waals surface area contributed by atoms with E-state index in [2.05, 4.69) is 13.8 Å². The highest BCUT2D eigenvalue weighted by Gasteiger charge is 2.41. The first-order chi connectivity index (χ1) is 5.96. The summed E-state index contributed by atoms with van der Waals surface area (Å²) in [6, 6.07) is -0.409. The van der Waals surface area contributed by atoms with Crippen LogP contribution in [0.5, 0.6) is 0 Å². The largest absolute Gasteiger partial charge is 0.465 e. The Morgan fingerprint density at radius 3 is 2.54 bits per heavy atom. The van der Waals surface area contributed by atoms with E-state index in [1.165, 1.54) is 0 Å². The first-order valence-corrected chi connectivity index (χ1v) is 4.88. The van der Waals surface area contributed by atoms with Crippen LogP contribution in [0.2, 0.25) is 0 Å². The van der Waals surface area contributed by atoms with Crippen LogP contribution in [0, 0.1) is 11.3 Å². The Balaban J connectivity index is 2.34. The van der Waals surface area contributed by atoms with Crippen molar-refractivity contribution in [2.75, 3.05) is 6.61 Å². The van der Waals surface area contributed by atoms with Gasteiger partial charge in [-0.3, -0.25) is 4.79 Å². The fraction of sp³-hybridized carbons (Fsp3) is 0.900. The molecule has 0 aromatic heterocycles. The van der Waals surface area contributed by atoms with Crippen LogP contribution >= 0.6 is 0 Å². The number of carbonyl (C=O) groups excluding carboxylic acids is 1. The van der Waals surface area contributed by atoms with Crippen molar-refractivity contribution in [1.29, 1.82) is 0 Å². The molecule has 1 rings (SSSR count). The van der Waals surface area contributed by atoms with E-state index < -0.39 is 6.04 Å². The van der Waals surface area contributed by atoms with Gasteiger partial charge in [-0.2, -0.15) is 0 Å². The average molecular weight is 185 g/mol. The predicted molar refractivity (Wildman–Crippen MR) is 51.1 cm³/mol. The highest BCUT2D eigenvalue weighted by atomic mass is 16.5. The molecule has 1 fully saturated rings. The summed E-state index contributed by atoms with van der Waals surface area (Å²) in [4.78, 5) is 11.2. The molecule has 3 nitrogen and oxygen atoms in total. The number of ether oxygens (including phenoxy) is 1. The van der Waals surface area contributed by atoms with Crippen LogP contribution in [0.4, 0.5) is 0 Å². The molecule has 3 heteroatoms. The molecule has 0 spiro atoms. The minimum absolute atomic E-state index is 0.247. The van der Waals surface area contributed by atoms with Crippen molar-refractivity contribution in [2.24, 2.45) is 17.1 Å². The number of hydrogen-bond acceptors (Lipinski definition) is 3. The predicted octanol–water partition coefficient (Wildman–Crippen LogP) is 1.31. The minimum Gasteiger partial charge on any atom is -0.465 e. The highest BCUT2D eigenvalue weighted by Crippen LogP contribution is 2.45. The van der Waals surface area contributed by atoms with Crippen LogP contribution in [0.15, 0.2) is 0 Å². The van der Waals surface area contributed by atoms with E-state index >= 15 is 0 Å². The first kappa shape index (κ1) is 10.5. The van der Waals surface area contributed by atoms with Crippen LogP contribution in [0.25, 0.3) is 0 Å². The van der Waals surface area contributed by atoms with Crippen molar-refractivity contribution in [3.63, 3.8) is 0 Å². The molecule has 76 valence electrons. The molecule has 1 aliphatic carbocycles. The van der Waals surface area contributed by atoms with Gasteiger partial charge in [-0.1, -0.05) is 13.8 Å². The number of hydrogen-bond donors (Lipinski definition) is 1. The van der Waals surface area contributed by atoms with Gasteiger partial charge in [-0.15, -0.1) is 0 Å². The summed E-state index contributed by atoms with van der Waals surface area (Å²) in [5.74, 6) is 0.0806. The van der Waals surface area contributed by atoms with Gasteiger partial charge < -0.3 is 10.5 Å². The molecule has 0 aliphatic heterocycles. The van der Waals surface area contributed by atoms with E-state index in [-0.39, 0.29) is 5.97 Å². The second-order valence-corrected chi connectivity index (χ2v) is 4.61. The van der Waals surface area contributed by atoms with Gasteiger partial charge in [0.1, 0.15) is 6.04 Å². The van der Waals surface area contributed by atoms with E-state index in [1.807, 2.05) is 0 Å². The fourth-order valence-corrected chi connectivity index (χ4v) is 2.04. The maximum absolute atomic E-state index is 11.2. The Bertz CT molecular complexity index is 193. The van der Waals surface area contributed by atoms with Gasteiger partial charge in [-0.05, 0) is 31.1 Å². The summed E-state index contributed by atoms with van der Waals surface area (Å²) in [6.45, 7) is 6.61. The maximum Gasteiger partial charge on any atom is 0.323 e. The van der Waals surface area contributed by atoms with Crippen molar-refractivity contribution in [1.82, 2.24) is 0 Å². The van der Waals surface area contributed by atoms with Gasteiger partial charge in [0.05, 0.1) is 6.61 Å². The van der Waals surface area contributed by atoms with Crippen molar-refractivity contribution < 1.29 is 9.53 Å². The van der Waals surface area contributed by atoms with Crippen LogP contribution < -0.4 is 5.73 Å². The molecule has 0 aromatic carbocycles. The third kappa shape index (κ3) is 2.44. The molecule has 0 aromatic rings. The molecule has 13 heavy (non-hydrogen) atoms. The van der Waals surface area contributed by atoms with Gasteiger partial charge >= 0.3 is 5.97 Å². The third-order valence-corrected chi connectivity index (χ3v) is 2.70. The quantitative estimate of drug-likeness (QED) is 0.674. The zero-order valence-corrected chi connectivity index (χ0v) is 8.67. The van der Waals surface area contributed by atoms with Crippen molar-refractivity contribution in [3.8, 4) is 0 Å². The fourth-order valence-electron chi connectivity index (χ4n) is 2.04. The molecular weight excluding hydrogens is 166 g/mol. The van der Waals surface area contributed by atoms with E-state index in [4.69, 9.17) is 10.5 Å². The standard InChI is InChI=1S/C10H19NO2/c1-4-13-9(12)8(11)7-5-10(2,3)6-7/h7-8H,4-6,11H2,1-3H3. The normalized spacial score (nSPS) is 23.4. The maximum atomic E-state index is 11.2. The molecule has 0 bridgehead atoms. The summed E-state index contributed by atoms with van der Waals surface area (Å²) in [5, 5.41) is 0. The van der Waals surface area contributed by atoms with Gasteiger partial charge in [0.25, 0.3) is 0 Å². The Morgan fingerprint density at radius 2 is 2.15 bits per heavy atom. The summed E-state index contributed by atoms with van der Waals surface area (Å²) < 4.78 is 4.86. The zero-order chi connectivity index (χ0) is 10.1. The van der Waals surface area contributed by atoms with Gasteiger partial charge in [-0.25, -0.2) is 0 Å². The number of rotatable bonds is 3. The zero-order valence-electron chi connectivity index (χ0n) is 8.67. The number of nitrogens with two attached hydrogens (primary N) is 1. The monoisotopic (exact) mass is 185 g/mol. The lowest BCUT2D eigenvalue weighted by Crippen LogP contribution is -2.48. The molecule has 0 saturated heterocycles. The summed E-state index contributed by atoms with van der Waals surface area (Å²) in [7, 11) is 0. The summed E-state index contributed by atoms with van der Waals surface area (Å²) in [5.41, 5.74) is 6.12. The van der Waals surface area contributed by atoms with E-state index in [0.29, 0.717) is 17.9 Å². The summed E-state index contributed by atoms with van der Waals surface area (Å²) >= 11 is 0. The molecule has 1 aliphatic rings. The molecule has 2 N–H and O–H groups in total. The van der Waals surface area contributed by atoms with Crippen molar-refractivity contribution >= 4 is 5.97 Å². The van der Waals surface area contributed by atoms with Crippen LogP contribution in [-0.2, 0) is 9.53 Å². The van der Waals surface area contributed by atoms with Crippen molar-refractivity contribution in [2.45, 2.75) is 39.7 Å².